The molecule has 0 heterocycles. The second-order valence-corrected chi connectivity index (χ2v) is 6.06. The van der Waals surface area contributed by atoms with Gasteiger partial charge in [-0.1, -0.05) is 36.7 Å². The zero-order valence-electron chi connectivity index (χ0n) is 8.56. The fourth-order valence-corrected chi connectivity index (χ4v) is 5.01. The topological polar surface area (TPSA) is 17.1 Å². The highest BCUT2D eigenvalue weighted by molar-refractivity contribution is 9.10. The summed E-state index contributed by atoms with van der Waals surface area (Å²) < 4.78 is 0. The molecule has 2 bridgehead atoms. The van der Waals surface area contributed by atoms with E-state index < -0.39 is 0 Å². The molecule has 2 rings (SSSR count). The predicted molar refractivity (Wildman–Crippen MR) is 57.0 cm³/mol. The van der Waals surface area contributed by atoms with Crippen LogP contribution >= 0.6 is 15.9 Å². The second kappa shape index (κ2) is 2.59. The number of carbonyl (C=O) groups is 1. The van der Waals surface area contributed by atoms with Crippen LogP contribution < -0.4 is 0 Å². The van der Waals surface area contributed by atoms with Crippen molar-refractivity contribution in [2.24, 2.45) is 16.7 Å². The molecular weight excluding hydrogens is 228 g/mol. The molecule has 1 nitrogen and oxygen atoms in total. The van der Waals surface area contributed by atoms with Gasteiger partial charge in [0.05, 0.1) is 4.83 Å². The zero-order chi connectivity index (χ0) is 9.85. The Balaban J connectivity index is 2.50. The number of hydrogen-bond acceptors (Lipinski definition) is 1. The number of Topliss-reactive ketones (excluding diaryl/α,β-unsaturated/α-hetero) is 1. The Morgan fingerprint density at radius 2 is 2.15 bits per heavy atom. The first-order valence-electron chi connectivity index (χ1n) is 5.16. The van der Waals surface area contributed by atoms with E-state index in [1.807, 2.05) is 0 Å². The molecule has 0 aromatic heterocycles. The molecule has 3 atom stereocenters. The van der Waals surface area contributed by atoms with Crippen molar-refractivity contribution in [2.45, 2.75) is 44.9 Å². The first kappa shape index (κ1) is 9.70. The number of ketones is 1. The highest BCUT2D eigenvalue weighted by atomic mass is 79.9. The van der Waals surface area contributed by atoms with E-state index in [4.69, 9.17) is 0 Å². The van der Waals surface area contributed by atoms with Crippen molar-refractivity contribution in [1.29, 1.82) is 0 Å². The van der Waals surface area contributed by atoms with E-state index in [-0.39, 0.29) is 15.7 Å². The number of fused-ring (bicyclic) bond motifs is 2. The molecule has 13 heavy (non-hydrogen) atoms. The van der Waals surface area contributed by atoms with Crippen LogP contribution in [0.4, 0.5) is 0 Å². The van der Waals surface area contributed by atoms with E-state index in [9.17, 15) is 4.79 Å². The maximum atomic E-state index is 12.1. The van der Waals surface area contributed by atoms with Crippen LogP contribution in [0.25, 0.3) is 0 Å². The average molecular weight is 245 g/mol. The van der Waals surface area contributed by atoms with E-state index >= 15 is 0 Å². The monoisotopic (exact) mass is 244 g/mol. The Labute approximate surface area is 88.4 Å². The van der Waals surface area contributed by atoms with Gasteiger partial charge in [-0.05, 0) is 30.6 Å². The molecule has 74 valence electrons. The van der Waals surface area contributed by atoms with Gasteiger partial charge in [0.1, 0.15) is 0 Å². The van der Waals surface area contributed by atoms with Crippen LogP contribution in [0.2, 0.25) is 0 Å². The maximum absolute atomic E-state index is 12.1. The molecule has 0 spiro atoms. The molecule has 0 radical (unpaired) electrons. The minimum atomic E-state index is -0.00810. The second-order valence-electron chi connectivity index (χ2n) is 5.07. The Kier molecular flexibility index (Phi) is 1.93. The summed E-state index contributed by atoms with van der Waals surface area (Å²) in [5, 5.41) is 0. The van der Waals surface area contributed by atoms with Gasteiger partial charge in [-0.3, -0.25) is 4.79 Å². The molecule has 2 saturated carbocycles. The van der Waals surface area contributed by atoms with Crippen molar-refractivity contribution in [3.8, 4) is 0 Å². The highest BCUT2D eigenvalue weighted by Crippen LogP contribution is 2.66. The Morgan fingerprint density at radius 3 is 2.46 bits per heavy atom. The standard InChI is InChI=1S/C11H17BrO/c1-4-11-6-5-7(10(11,2)3)8(12)9(11)13/h7-8H,4-6H2,1-3H3. The molecule has 0 N–H and O–H groups in total. The summed E-state index contributed by atoms with van der Waals surface area (Å²) in [4.78, 5) is 12.2. The molecule has 0 amide bonds. The van der Waals surface area contributed by atoms with Crippen molar-refractivity contribution in [3.63, 3.8) is 0 Å². The van der Waals surface area contributed by atoms with E-state index in [1.54, 1.807) is 0 Å². The van der Waals surface area contributed by atoms with Crippen LogP contribution in [0.15, 0.2) is 0 Å². The smallest absolute Gasteiger partial charge is 0.153 e. The van der Waals surface area contributed by atoms with Crippen molar-refractivity contribution in [1.82, 2.24) is 0 Å². The summed E-state index contributed by atoms with van der Waals surface area (Å²) in [6, 6.07) is 0. The minimum Gasteiger partial charge on any atom is -0.298 e. The van der Waals surface area contributed by atoms with Crippen molar-refractivity contribution in [3.05, 3.63) is 0 Å². The number of rotatable bonds is 1. The molecule has 0 aliphatic heterocycles. The molecule has 2 fully saturated rings. The molecule has 2 heteroatoms. The van der Waals surface area contributed by atoms with Gasteiger partial charge in [-0.25, -0.2) is 0 Å². The summed E-state index contributed by atoms with van der Waals surface area (Å²) in [5.41, 5.74) is 0.207. The van der Waals surface area contributed by atoms with Crippen LogP contribution in [0.3, 0.4) is 0 Å². The van der Waals surface area contributed by atoms with Crippen LogP contribution in [0.5, 0.6) is 0 Å². The van der Waals surface area contributed by atoms with Crippen LogP contribution in [0.1, 0.15) is 40.0 Å². The number of alkyl halides is 1. The SMILES string of the molecule is CCC12CCC(C(Br)C1=O)C2(C)C. The van der Waals surface area contributed by atoms with Crippen LogP contribution in [0, 0.1) is 16.7 Å². The molecule has 3 unspecified atom stereocenters. The Morgan fingerprint density at radius 1 is 1.54 bits per heavy atom. The largest absolute Gasteiger partial charge is 0.298 e. The van der Waals surface area contributed by atoms with E-state index in [0.717, 1.165) is 12.8 Å². The lowest BCUT2D eigenvalue weighted by atomic mass is 9.67. The van der Waals surface area contributed by atoms with E-state index in [2.05, 4.69) is 36.7 Å². The molecule has 0 aromatic carbocycles. The van der Waals surface area contributed by atoms with Gasteiger partial charge in [-0.2, -0.15) is 0 Å². The molecule has 2 aliphatic carbocycles. The van der Waals surface area contributed by atoms with Gasteiger partial charge in [0.2, 0.25) is 0 Å². The van der Waals surface area contributed by atoms with E-state index in [0.29, 0.717) is 11.7 Å². The van der Waals surface area contributed by atoms with Gasteiger partial charge >= 0.3 is 0 Å². The summed E-state index contributed by atoms with van der Waals surface area (Å²) in [5.74, 6) is 1.04. The quantitative estimate of drug-likeness (QED) is 0.648. The third-order valence-electron chi connectivity index (χ3n) is 4.72. The third kappa shape index (κ3) is 0.860. The lowest BCUT2D eigenvalue weighted by Crippen LogP contribution is -2.36. The van der Waals surface area contributed by atoms with Gasteiger partial charge in [0.15, 0.2) is 5.78 Å². The number of carbonyl (C=O) groups excluding carboxylic acids is 1. The lowest BCUT2D eigenvalue weighted by Gasteiger charge is -2.35. The lowest BCUT2D eigenvalue weighted by molar-refractivity contribution is -0.129. The van der Waals surface area contributed by atoms with Crippen LogP contribution in [-0.2, 0) is 4.79 Å². The summed E-state index contributed by atoms with van der Waals surface area (Å²) >= 11 is 3.56. The molecule has 0 saturated heterocycles. The van der Waals surface area contributed by atoms with Crippen molar-refractivity contribution in [2.75, 3.05) is 0 Å². The van der Waals surface area contributed by atoms with E-state index in [1.165, 1.54) is 6.42 Å². The first-order valence-corrected chi connectivity index (χ1v) is 6.07. The average Bonchev–Trinajstić information content (AvgIpc) is 2.41. The van der Waals surface area contributed by atoms with Gasteiger partial charge < -0.3 is 0 Å². The third-order valence-corrected chi connectivity index (χ3v) is 5.78. The highest BCUT2D eigenvalue weighted by Gasteiger charge is 2.66. The van der Waals surface area contributed by atoms with Gasteiger partial charge in [0.25, 0.3) is 0 Å². The normalized spacial score (nSPS) is 47.2. The van der Waals surface area contributed by atoms with Gasteiger partial charge in [-0.15, -0.1) is 0 Å². The van der Waals surface area contributed by atoms with Crippen molar-refractivity contribution < 1.29 is 4.79 Å². The summed E-state index contributed by atoms with van der Waals surface area (Å²) in [6.45, 7) is 6.70. The zero-order valence-corrected chi connectivity index (χ0v) is 10.1. The number of hydrogen-bond donors (Lipinski definition) is 0. The predicted octanol–water partition coefficient (Wildman–Crippen LogP) is 3.17. The van der Waals surface area contributed by atoms with Gasteiger partial charge in [0, 0.05) is 5.41 Å². The molecule has 0 aromatic rings. The number of halogens is 1. The Hall–Kier alpha value is 0.150. The first-order chi connectivity index (χ1) is 5.97. The summed E-state index contributed by atoms with van der Waals surface area (Å²) in [7, 11) is 0. The van der Waals surface area contributed by atoms with Crippen molar-refractivity contribution >= 4 is 21.7 Å². The molecule has 2 aliphatic rings. The minimum absolute atomic E-state index is 0.00810. The summed E-state index contributed by atoms with van der Waals surface area (Å²) in [6.07, 6.45) is 3.35. The maximum Gasteiger partial charge on any atom is 0.153 e. The molecular formula is C11H17BrO. The fraction of sp³-hybridized carbons (Fsp3) is 0.909. The van der Waals surface area contributed by atoms with Crippen LogP contribution in [-0.4, -0.2) is 10.6 Å². The Bertz CT molecular complexity index is 259. The fourth-order valence-electron chi connectivity index (χ4n) is 3.65.